The number of carboxylic acid groups (broad SMARTS) is 1. The number of halogens is 2. The predicted molar refractivity (Wildman–Crippen MR) is 97.6 cm³/mol. The molecule has 6 heteroatoms. The summed E-state index contributed by atoms with van der Waals surface area (Å²) in [4.78, 5) is 15.1. The zero-order valence-electron chi connectivity index (χ0n) is 12.5. The molecule has 2 heterocycles. The summed E-state index contributed by atoms with van der Waals surface area (Å²) in [7, 11) is 0. The van der Waals surface area contributed by atoms with Crippen molar-refractivity contribution in [1.82, 2.24) is 10.3 Å². The minimum atomic E-state index is -0.846. The lowest BCUT2D eigenvalue weighted by atomic mass is 9.90. The molecule has 1 aliphatic heterocycles. The van der Waals surface area contributed by atoms with Crippen molar-refractivity contribution in [2.75, 3.05) is 0 Å². The van der Waals surface area contributed by atoms with Crippen LogP contribution in [0.5, 0.6) is 0 Å². The Morgan fingerprint density at radius 2 is 2.04 bits per heavy atom. The molecule has 3 N–H and O–H groups in total. The first-order chi connectivity index (χ1) is 11.5. The van der Waals surface area contributed by atoms with Crippen LogP contribution < -0.4 is 5.32 Å². The highest BCUT2D eigenvalue weighted by Crippen LogP contribution is 2.38. The van der Waals surface area contributed by atoms with Crippen LogP contribution >= 0.6 is 27.5 Å². The minimum Gasteiger partial charge on any atom is -0.480 e. The average Bonchev–Trinajstić information content (AvgIpc) is 2.93. The van der Waals surface area contributed by atoms with E-state index in [1.165, 1.54) is 0 Å². The van der Waals surface area contributed by atoms with Crippen LogP contribution in [0.4, 0.5) is 0 Å². The standard InChI is InChI=1S/C18H14BrClN2O2/c19-13-7-9(20)5-6-11(13)16-17-12(8-15(22-16)18(23)24)10-3-1-2-4-14(10)21-17/h1-7,15-16,21-22H,8H2,(H,23,24)/t15-,16+/m0/s1. The Hall–Kier alpha value is -1.82. The Labute approximate surface area is 152 Å². The van der Waals surface area contributed by atoms with Crippen molar-refractivity contribution in [3.8, 4) is 0 Å². The van der Waals surface area contributed by atoms with E-state index in [-0.39, 0.29) is 6.04 Å². The van der Waals surface area contributed by atoms with E-state index in [1.807, 2.05) is 42.5 Å². The number of carboxylic acids is 1. The topological polar surface area (TPSA) is 65.1 Å². The zero-order valence-corrected chi connectivity index (χ0v) is 14.9. The van der Waals surface area contributed by atoms with Gasteiger partial charge in [0, 0.05) is 32.5 Å². The van der Waals surface area contributed by atoms with Gasteiger partial charge in [0.05, 0.1) is 6.04 Å². The van der Waals surface area contributed by atoms with Gasteiger partial charge in [-0.15, -0.1) is 0 Å². The van der Waals surface area contributed by atoms with Gasteiger partial charge in [-0.3, -0.25) is 10.1 Å². The average molecular weight is 406 g/mol. The Morgan fingerprint density at radius 1 is 1.25 bits per heavy atom. The van der Waals surface area contributed by atoms with Gasteiger partial charge in [-0.1, -0.05) is 51.8 Å². The molecule has 2 atom stereocenters. The first-order valence-electron chi connectivity index (χ1n) is 7.58. The van der Waals surface area contributed by atoms with E-state index in [2.05, 4.69) is 26.2 Å². The number of carbonyl (C=O) groups is 1. The molecule has 4 nitrogen and oxygen atoms in total. The molecule has 3 aromatic rings. The van der Waals surface area contributed by atoms with Gasteiger partial charge >= 0.3 is 5.97 Å². The molecule has 24 heavy (non-hydrogen) atoms. The smallest absolute Gasteiger partial charge is 0.321 e. The maximum Gasteiger partial charge on any atom is 0.321 e. The monoisotopic (exact) mass is 404 g/mol. The van der Waals surface area contributed by atoms with E-state index in [0.717, 1.165) is 32.2 Å². The molecule has 2 aromatic carbocycles. The van der Waals surface area contributed by atoms with Crippen LogP contribution in [0.2, 0.25) is 5.02 Å². The highest BCUT2D eigenvalue weighted by molar-refractivity contribution is 9.10. The largest absolute Gasteiger partial charge is 0.480 e. The number of para-hydroxylation sites is 1. The number of fused-ring (bicyclic) bond motifs is 3. The summed E-state index contributed by atoms with van der Waals surface area (Å²) in [6.07, 6.45) is 0.455. The zero-order chi connectivity index (χ0) is 16.8. The maximum atomic E-state index is 11.6. The van der Waals surface area contributed by atoms with E-state index in [9.17, 15) is 9.90 Å². The first kappa shape index (κ1) is 15.7. The summed E-state index contributed by atoms with van der Waals surface area (Å²) in [5, 5.41) is 14.5. The summed E-state index contributed by atoms with van der Waals surface area (Å²) in [6, 6.07) is 12.7. The molecule has 0 amide bonds. The fourth-order valence-electron chi connectivity index (χ4n) is 3.37. The second kappa shape index (κ2) is 5.92. The molecular weight excluding hydrogens is 392 g/mol. The Bertz CT molecular complexity index is 953. The fraction of sp³-hybridized carbons (Fsp3) is 0.167. The Morgan fingerprint density at radius 3 is 2.79 bits per heavy atom. The first-order valence-corrected chi connectivity index (χ1v) is 8.75. The molecule has 1 aromatic heterocycles. The van der Waals surface area contributed by atoms with Crippen molar-refractivity contribution in [2.45, 2.75) is 18.5 Å². The normalized spacial score (nSPS) is 20.1. The van der Waals surface area contributed by atoms with Crippen molar-refractivity contribution in [1.29, 1.82) is 0 Å². The lowest BCUT2D eigenvalue weighted by molar-refractivity contribution is -0.139. The molecule has 0 saturated heterocycles. The van der Waals surface area contributed by atoms with Crippen LogP contribution in [0.25, 0.3) is 10.9 Å². The summed E-state index contributed by atoms with van der Waals surface area (Å²) in [6.45, 7) is 0. The molecular formula is C18H14BrClN2O2. The molecule has 1 aliphatic rings. The number of aliphatic carboxylic acids is 1. The quantitative estimate of drug-likeness (QED) is 0.596. The van der Waals surface area contributed by atoms with Gasteiger partial charge in [-0.05, 0) is 29.3 Å². The van der Waals surface area contributed by atoms with Crippen LogP contribution in [0.15, 0.2) is 46.9 Å². The molecule has 0 unspecified atom stereocenters. The van der Waals surface area contributed by atoms with Crippen LogP contribution in [0.1, 0.15) is 22.9 Å². The van der Waals surface area contributed by atoms with E-state index in [0.29, 0.717) is 11.4 Å². The number of benzene rings is 2. The van der Waals surface area contributed by atoms with Crippen molar-refractivity contribution in [3.63, 3.8) is 0 Å². The number of aromatic amines is 1. The molecule has 0 radical (unpaired) electrons. The molecule has 0 saturated carbocycles. The number of hydrogen-bond acceptors (Lipinski definition) is 2. The lowest BCUT2D eigenvalue weighted by Gasteiger charge is -2.30. The van der Waals surface area contributed by atoms with E-state index in [1.54, 1.807) is 0 Å². The van der Waals surface area contributed by atoms with Crippen molar-refractivity contribution in [3.05, 3.63) is 68.8 Å². The van der Waals surface area contributed by atoms with E-state index < -0.39 is 12.0 Å². The highest BCUT2D eigenvalue weighted by Gasteiger charge is 2.34. The summed E-state index contributed by atoms with van der Waals surface area (Å²) in [5.41, 5.74) is 4.05. The highest BCUT2D eigenvalue weighted by atomic mass is 79.9. The summed E-state index contributed by atoms with van der Waals surface area (Å²) in [5.74, 6) is -0.846. The second-order valence-electron chi connectivity index (χ2n) is 5.92. The van der Waals surface area contributed by atoms with Crippen LogP contribution in [0.3, 0.4) is 0 Å². The molecule has 0 bridgehead atoms. The van der Waals surface area contributed by atoms with Gasteiger partial charge in [0.25, 0.3) is 0 Å². The number of aromatic nitrogens is 1. The summed E-state index contributed by atoms with van der Waals surface area (Å²) >= 11 is 9.60. The maximum absolute atomic E-state index is 11.6. The predicted octanol–water partition coefficient (Wildman–Crippen LogP) is 4.27. The second-order valence-corrected chi connectivity index (χ2v) is 7.21. The van der Waals surface area contributed by atoms with E-state index in [4.69, 9.17) is 11.6 Å². The fourth-order valence-corrected chi connectivity index (χ4v) is 4.29. The van der Waals surface area contributed by atoms with Crippen LogP contribution in [0, 0.1) is 0 Å². The molecule has 4 rings (SSSR count). The summed E-state index contributed by atoms with van der Waals surface area (Å²) < 4.78 is 0.850. The number of rotatable bonds is 2. The van der Waals surface area contributed by atoms with Crippen LogP contribution in [-0.2, 0) is 11.2 Å². The molecule has 122 valence electrons. The van der Waals surface area contributed by atoms with Gasteiger partial charge in [-0.2, -0.15) is 0 Å². The Kier molecular flexibility index (Phi) is 3.87. The molecule has 0 fully saturated rings. The third-order valence-corrected chi connectivity index (χ3v) is 5.40. The third kappa shape index (κ3) is 2.53. The van der Waals surface area contributed by atoms with Gasteiger partial charge in [-0.25, -0.2) is 0 Å². The van der Waals surface area contributed by atoms with Gasteiger partial charge < -0.3 is 10.1 Å². The van der Waals surface area contributed by atoms with Crippen molar-refractivity contribution in [2.24, 2.45) is 0 Å². The van der Waals surface area contributed by atoms with Gasteiger partial charge in [0.2, 0.25) is 0 Å². The van der Waals surface area contributed by atoms with Crippen molar-refractivity contribution >= 4 is 44.4 Å². The third-order valence-electron chi connectivity index (χ3n) is 4.48. The molecule has 0 spiro atoms. The number of hydrogen-bond donors (Lipinski definition) is 3. The number of nitrogens with one attached hydrogen (secondary N) is 2. The van der Waals surface area contributed by atoms with Crippen LogP contribution in [-0.4, -0.2) is 22.1 Å². The lowest BCUT2D eigenvalue weighted by Crippen LogP contribution is -2.45. The van der Waals surface area contributed by atoms with Crippen molar-refractivity contribution < 1.29 is 9.90 Å². The SMILES string of the molecule is O=C(O)[C@@H]1Cc2c([nH]c3ccccc23)[C@@H](c2ccc(Cl)cc2Br)N1. The van der Waals surface area contributed by atoms with Gasteiger partial charge in [0.1, 0.15) is 6.04 Å². The van der Waals surface area contributed by atoms with E-state index >= 15 is 0 Å². The Balaban J connectivity index is 1.92. The molecule has 0 aliphatic carbocycles. The van der Waals surface area contributed by atoms with Gasteiger partial charge in [0.15, 0.2) is 0 Å². The number of H-pyrrole nitrogens is 1. The minimum absolute atomic E-state index is 0.242.